The second kappa shape index (κ2) is 12.1. The van der Waals surface area contributed by atoms with Crippen molar-refractivity contribution in [3.63, 3.8) is 0 Å². The molecule has 3 aromatic rings. The number of nitrogens with two attached hydrogens (primary N) is 1. The van der Waals surface area contributed by atoms with Gasteiger partial charge in [-0.05, 0) is 48.2 Å². The smallest absolute Gasteiger partial charge is 0.240 e. The van der Waals surface area contributed by atoms with Gasteiger partial charge in [0.25, 0.3) is 0 Å². The van der Waals surface area contributed by atoms with Gasteiger partial charge in [-0.2, -0.15) is 0 Å². The van der Waals surface area contributed by atoms with Gasteiger partial charge >= 0.3 is 0 Å². The van der Waals surface area contributed by atoms with Crippen molar-refractivity contribution in [3.05, 3.63) is 77.6 Å². The van der Waals surface area contributed by atoms with Gasteiger partial charge < -0.3 is 15.8 Å². The Labute approximate surface area is 200 Å². The van der Waals surface area contributed by atoms with Crippen molar-refractivity contribution < 1.29 is 9.53 Å². The number of nitrogens with one attached hydrogen (secondary N) is 1. The molecule has 0 aliphatic carbocycles. The maximum absolute atomic E-state index is 12.7. The molecule has 0 bridgehead atoms. The third kappa shape index (κ3) is 7.24. The van der Waals surface area contributed by atoms with E-state index in [0.717, 1.165) is 18.4 Å². The summed E-state index contributed by atoms with van der Waals surface area (Å²) in [5.41, 5.74) is 7.19. The predicted molar refractivity (Wildman–Crippen MR) is 130 cm³/mol. The van der Waals surface area contributed by atoms with Crippen LogP contribution in [0.1, 0.15) is 55.7 Å². The van der Waals surface area contributed by atoms with Gasteiger partial charge in [0.05, 0.1) is 24.8 Å². The molecule has 8 nitrogen and oxygen atoms in total. The Hall–Kier alpha value is -3.54. The summed E-state index contributed by atoms with van der Waals surface area (Å²) in [6.07, 6.45) is 7.70. The fraction of sp³-hybridized carbons (Fsp3) is 0.385. The molecule has 3 rings (SSSR count). The zero-order chi connectivity index (χ0) is 24.4. The largest absolute Gasteiger partial charge is 0.374 e. The third-order valence-electron chi connectivity index (χ3n) is 5.42. The van der Waals surface area contributed by atoms with Crippen LogP contribution in [-0.2, 0) is 22.6 Å². The van der Waals surface area contributed by atoms with Crippen molar-refractivity contribution >= 4 is 5.91 Å². The summed E-state index contributed by atoms with van der Waals surface area (Å²) in [5, 5.41) is 15.3. The summed E-state index contributed by atoms with van der Waals surface area (Å²) in [6, 6.07) is 19.3. The number of hydrogen-bond donors (Lipinski definition) is 2. The number of hydrogen-bond acceptors (Lipinski definition) is 6. The van der Waals surface area contributed by atoms with E-state index in [2.05, 4.69) is 38.9 Å². The van der Waals surface area contributed by atoms with E-state index in [1.807, 2.05) is 48.5 Å². The highest BCUT2D eigenvalue weighted by molar-refractivity contribution is 5.85. The maximum Gasteiger partial charge on any atom is 0.240 e. The van der Waals surface area contributed by atoms with Crippen LogP contribution in [0, 0.1) is 12.3 Å². The molecule has 1 heterocycles. The number of aromatic nitrogens is 4. The fourth-order valence-corrected chi connectivity index (χ4v) is 3.51. The lowest BCUT2D eigenvalue weighted by Crippen LogP contribution is -2.51. The summed E-state index contributed by atoms with van der Waals surface area (Å²) in [6.45, 7) is 3.86. The molecule has 2 atom stereocenters. The second-order valence-corrected chi connectivity index (χ2v) is 8.82. The van der Waals surface area contributed by atoms with Gasteiger partial charge in [0.2, 0.25) is 5.91 Å². The van der Waals surface area contributed by atoms with Crippen molar-refractivity contribution in [2.45, 2.75) is 57.3 Å². The molecule has 0 aliphatic rings. The van der Waals surface area contributed by atoms with E-state index in [1.54, 1.807) is 18.5 Å². The molecular weight excluding hydrogens is 428 g/mol. The van der Waals surface area contributed by atoms with Gasteiger partial charge in [0.1, 0.15) is 6.04 Å². The Kier molecular flexibility index (Phi) is 8.91. The molecule has 1 aromatic heterocycles. The number of amides is 1. The van der Waals surface area contributed by atoms with Crippen LogP contribution in [0.4, 0.5) is 0 Å². The van der Waals surface area contributed by atoms with Gasteiger partial charge in [0.15, 0.2) is 5.82 Å². The lowest BCUT2D eigenvalue weighted by Gasteiger charge is -2.25. The molecule has 0 saturated heterocycles. The van der Waals surface area contributed by atoms with Crippen LogP contribution in [0.5, 0.6) is 0 Å². The van der Waals surface area contributed by atoms with Gasteiger partial charge in [-0.3, -0.25) is 4.79 Å². The van der Waals surface area contributed by atoms with E-state index in [1.165, 1.54) is 5.56 Å². The highest BCUT2D eigenvalue weighted by atomic mass is 16.5. The summed E-state index contributed by atoms with van der Waals surface area (Å²) < 4.78 is 7.65. The summed E-state index contributed by atoms with van der Waals surface area (Å²) in [7, 11) is 0. The van der Waals surface area contributed by atoms with Crippen molar-refractivity contribution in [1.29, 1.82) is 0 Å². The van der Waals surface area contributed by atoms with Crippen molar-refractivity contribution in [1.82, 2.24) is 25.5 Å². The molecule has 0 aliphatic heterocycles. The minimum Gasteiger partial charge on any atom is -0.374 e. The number of rotatable bonds is 12. The maximum atomic E-state index is 12.7. The van der Waals surface area contributed by atoms with E-state index in [9.17, 15) is 4.79 Å². The Morgan fingerprint density at radius 3 is 2.41 bits per heavy atom. The number of terminal acetylenes is 1. The number of nitrogens with zero attached hydrogens (tertiary/aromatic N) is 4. The normalized spacial score (nSPS) is 13.1. The first-order valence-corrected chi connectivity index (χ1v) is 11.3. The number of aryl methyl sites for hydroxylation is 1. The predicted octanol–water partition coefficient (Wildman–Crippen LogP) is 2.98. The van der Waals surface area contributed by atoms with Crippen molar-refractivity contribution in [2.24, 2.45) is 5.73 Å². The van der Waals surface area contributed by atoms with Crippen LogP contribution in [0.25, 0.3) is 0 Å². The van der Waals surface area contributed by atoms with E-state index in [0.29, 0.717) is 18.9 Å². The zero-order valence-electron chi connectivity index (χ0n) is 19.7. The SMILES string of the molecule is C#CCC(CCc1ccccc1)n1nnnc1[C@@H](COCc1ccccc1)NC(=O)C(C)(C)N. The van der Waals surface area contributed by atoms with Crippen molar-refractivity contribution in [2.75, 3.05) is 6.61 Å². The molecule has 0 spiro atoms. The molecule has 0 saturated carbocycles. The number of benzene rings is 2. The molecule has 34 heavy (non-hydrogen) atoms. The fourth-order valence-electron chi connectivity index (χ4n) is 3.51. The monoisotopic (exact) mass is 460 g/mol. The topological polar surface area (TPSA) is 108 Å². The third-order valence-corrected chi connectivity index (χ3v) is 5.42. The molecule has 178 valence electrons. The molecule has 2 aromatic carbocycles. The van der Waals surface area contributed by atoms with E-state index >= 15 is 0 Å². The van der Waals surface area contributed by atoms with Crippen LogP contribution in [0.2, 0.25) is 0 Å². The Morgan fingerprint density at radius 1 is 1.15 bits per heavy atom. The average Bonchev–Trinajstić information content (AvgIpc) is 3.31. The Balaban J connectivity index is 1.79. The molecule has 3 N–H and O–H groups in total. The van der Waals surface area contributed by atoms with Gasteiger partial charge in [-0.15, -0.1) is 17.4 Å². The number of carbonyl (C=O) groups is 1. The molecule has 0 fully saturated rings. The Bertz CT molecular complexity index is 1070. The molecule has 0 radical (unpaired) electrons. The first kappa shape index (κ1) is 25.1. The summed E-state index contributed by atoms with van der Waals surface area (Å²) in [5.74, 6) is 2.89. The number of carbonyl (C=O) groups excluding carboxylic acids is 1. The van der Waals surface area contributed by atoms with Crippen LogP contribution >= 0.6 is 0 Å². The van der Waals surface area contributed by atoms with E-state index in [-0.39, 0.29) is 18.6 Å². The molecule has 1 unspecified atom stereocenters. The van der Waals surface area contributed by atoms with Crippen LogP contribution in [-0.4, -0.2) is 38.3 Å². The summed E-state index contributed by atoms with van der Waals surface area (Å²) in [4.78, 5) is 12.7. The second-order valence-electron chi connectivity index (χ2n) is 8.82. The van der Waals surface area contributed by atoms with Crippen LogP contribution in [0.3, 0.4) is 0 Å². The van der Waals surface area contributed by atoms with Crippen molar-refractivity contribution in [3.8, 4) is 12.3 Å². The number of tetrazole rings is 1. The summed E-state index contributed by atoms with van der Waals surface area (Å²) >= 11 is 0. The molecule has 8 heteroatoms. The van der Waals surface area contributed by atoms with E-state index in [4.69, 9.17) is 16.9 Å². The lowest BCUT2D eigenvalue weighted by molar-refractivity contribution is -0.126. The highest BCUT2D eigenvalue weighted by Crippen LogP contribution is 2.23. The molecule has 1 amide bonds. The highest BCUT2D eigenvalue weighted by Gasteiger charge is 2.30. The minimum absolute atomic E-state index is 0.130. The van der Waals surface area contributed by atoms with Crippen LogP contribution < -0.4 is 11.1 Å². The lowest BCUT2D eigenvalue weighted by atomic mass is 10.0. The first-order valence-electron chi connectivity index (χ1n) is 11.3. The standard InChI is InChI=1S/C26H32N6O2/c1-4-11-22(17-16-20-12-7-5-8-13-20)32-24(29-30-31-32)23(28-25(33)26(2,3)27)19-34-18-21-14-9-6-10-15-21/h1,5-10,12-15,22-23H,11,16-19,27H2,2-3H3,(H,28,33)/t22?,23-/m1/s1. The Morgan fingerprint density at radius 2 is 1.79 bits per heavy atom. The van der Waals surface area contributed by atoms with Gasteiger partial charge in [-0.25, -0.2) is 4.68 Å². The average molecular weight is 461 g/mol. The van der Waals surface area contributed by atoms with Gasteiger partial charge in [0, 0.05) is 6.42 Å². The van der Waals surface area contributed by atoms with Gasteiger partial charge in [-0.1, -0.05) is 60.7 Å². The van der Waals surface area contributed by atoms with E-state index < -0.39 is 11.6 Å². The minimum atomic E-state index is -1.07. The zero-order valence-corrected chi connectivity index (χ0v) is 19.7. The van der Waals surface area contributed by atoms with Crippen LogP contribution in [0.15, 0.2) is 60.7 Å². The molecular formula is C26H32N6O2. The number of ether oxygens (including phenoxy) is 1. The first-order chi connectivity index (χ1) is 16.4. The quantitative estimate of drug-likeness (QED) is 0.402.